The highest BCUT2D eigenvalue weighted by molar-refractivity contribution is 5.78. The molecule has 0 saturated carbocycles. The number of fused-ring (bicyclic) bond motifs is 1. The topological polar surface area (TPSA) is 50.2 Å². The Morgan fingerprint density at radius 2 is 1.80 bits per heavy atom. The van der Waals surface area contributed by atoms with E-state index in [9.17, 15) is 9.18 Å². The first-order valence-corrected chi connectivity index (χ1v) is 10.4. The molecule has 6 heteroatoms. The molecule has 1 N–H and O–H groups in total. The van der Waals surface area contributed by atoms with E-state index in [1.165, 1.54) is 17.7 Å². The molecule has 1 aromatic heterocycles. The number of hydrogen-bond acceptors (Lipinski definition) is 3. The van der Waals surface area contributed by atoms with Gasteiger partial charge in [-0.1, -0.05) is 31.5 Å². The number of halogens is 1. The van der Waals surface area contributed by atoms with Gasteiger partial charge >= 0.3 is 0 Å². The molecule has 0 unspecified atom stereocenters. The SMILES string of the molecule is Cc1ccc(Nc2c(-c3ccc(F)cc3)nc3n2CCN(C(=O)CC(C)C)C3)cc1. The summed E-state index contributed by atoms with van der Waals surface area (Å²) in [6.45, 7) is 7.96. The molecule has 5 nitrogen and oxygen atoms in total. The van der Waals surface area contributed by atoms with E-state index < -0.39 is 0 Å². The number of amides is 1. The van der Waals surface area contributed by atoms with Gasteiger partial charge in [0.1, 0.15) is 23.2 Å². The molecule has 0 bridgehead atoms. The van der Waals surface area contributed by atoms with Crippen molar-refractivity contribution >= 4 is 17.4 Å². The Morgan fingerprint density at radius 1 is 1.10 bits per heavy atom. The van der Waals surface area contributed by atoms with Gasteiger partial charge in [0.2, 0.25) is 5.91 Å². The Kier molecular flexibility index (Phi) is 5.57. The lowest BCUT2D eigenvalue weighted by molar-refractivity contribution is -0.133. The highest BCUT2D eigenvalue weighted by atomic mass is 19.1. The third-order valence-corrected chi connectivity index (χ3v) is 5.34. The predicted octanol–water partition coefficient (Wildman–Crippen LogP) is 5.13. The van der Waals surface area contributed by atoms with Gasteiger partial charge in [0.25, 0.3) is 0 Å². The van der Waals surface area contributed by atoms with Crippen LogP contribution in [0, 0.1) is 18.7 Å². The average molecular weight is 407 g/mol. The fourth-order valence-corrected chi connectivity index (χ4v) is 3.73. The van der Waals surface area contributed by atoms with Gasteiger partial charge < -0.3 is 14.8 Å². The van der Waals surface area contributed by atoms with Crippen molar-refractivity contribution in [3.8, 4) is 11.3 Å². The van der Waals surface area contributed by atoms with Crippen molar-refractivity contribution in [1.82, 2.24) is 14.5 Å². The van der Waals surface area contributed by atoms with Crippen molar-refractivity contribution in [2.75, 3.05) is 11.9 Å². The summed E-state index contributed by atoms with van der Waals surface area (Å²) in [7, 11) is 0. The van der Waals surface area contributed by atoms with Gasteiger partial charge in [-0.15, -0.1) is 0 Å². The molecule has 0 spiro atoms. The Morgan fingerprint density at radius 3 is 2.47 bits per heavy atom. The molecule has 2 aromatic carbocycles. The molecule has 1 aliphatic heterocycles. The van der Waals surface area contributed by atoms with Crippen LogP contribution in [0.15, 0.2) is 48.5 Å². The molecule has 4 rings (SSSR count). The summed E-state index contributed by atoms with van der Waals surface area (Å²) in [5, 5.41) is 3.50. The Bertz CT molecular complexity index is 1040. The number of nitrogens with zero attached hydrogens (tertiary/aromatic N) is 3. The smallest absolute Gasteiger partial charge is 0.223 e. The Hall–Kier alpha value is -3.15. The molecule has 1 amide bonds. The summed E-state index contributed by atoms with van der Waals surface area (Å²) in [6.07, 6.45) is 0.542. The van der Waals surface area contributed by atoms with Crippen LogP contribution in [0.2, 0.25) is 0 Å². The normalized spacial score (nSPS) is 13.4. The van der Waals surface area contributed by atoms with Crippen molar-refractivity contribution in [2.45, 2.75) is 40.3 Å². The summed E-state index contributed by atoms with van der Waals surface area (Å²) < 4.78 is 15.6. The van der Waals surface area contributed by atoms with E-state index in [2.05, 4.69) is 42.8 Å². The van der Waals surface area contributed by atoms with Crippen molar-refractivity contribution in [3.05, 3.63) is 65.7 Å². The second-order valence-corrected chi connectivity index (χ2v) is 8.29. The van der Waals surface area contributed by atoms with Gasteiger partial charge in [-0.05, 0) is 49.2 Å². The van der Waals surface area contributed by atoms with Crippen molar-refractivity contribution in [1.29, 1.82) is 0 Å². The quantitative estimate of drug-likeness (QED) is 0.639. The summed E-state index contributed by atoms with van der Waals surface area (Å²) in [6, 6.07) is 14.6. The Balaban J connectivity index is 1.70. The largest absolute Gasteiger partial charge is 0.340 e. The van der Waals surface area contributed by atoms with E-state index >= 15 is 0 Å². The number of aromatic nitrogens is 2. The van der Waals surface area contributed by atoms with Crippen LogP contribution in [0.25, 0.3) is 11.3 Å². The van der Waals surface area contributed by atoms with Crippen LogP contribution in [-0.2, 0) is 17.9 Å². The Labute approximate surface area is 176 Å². The first-order chi connectivity index (χ1) is 14.4. The maximum Gasteiger partial charge on any atom is 0.223 e. The lowest BCUT2D eigenvalue weighted by atomic mass is 10.1. The van der Waals surface area contributed by atoms with Crippen LogP contribution in [0.4, 0.5) is 15.9 Å². The predicted molar refractivity (Wildman–Crippen MR) is 117 cm³/mol. The van der Waals surface area contributed by atoms with Crippen LogP contribution in [0.3, 0.4) is 0 Å². The molecule has 1 aliphatic rings. The first kappa shape index (κ1) is 20.1. The summed E-state index contributed by atoms with van der Waals surface area (Å²) in [4.78, 5) is 19.3. The number of rotatable bonds is 5. The van der Waals surface area contributed by atoms with E-state index in [1.807, 2.05) is 17.0 Å². The standard InChI is InChI=1S/C24H27FN4O/c1-16(2)14-22(30)28-12-13-29-21(15-28)27-23(18-6-8-19(25)9-7-18)24(29)26-20-10-4-17(3)5-11-20/h4-11,16,26H,12-15H2,1-3H3. The minimum absolute atomic E-state index is 0.163. The maximum absolute atomic E-state index is 13.5. The fourth-order valence-electron chi connectivity index (χ4n) is 3.73. The lowest BCUT2D eigenvalue weighted by Gasteiger charge is -2.29. The molecular formula is C24H27FN4O. The van der Waals surface area contributed by atoms with Gasteiger partial charge in [-0.25, -0.2) is 9.37 Å². The lowest BCUT2D eigenvalue weighted by Crippen LogP contribution is -2.39. The third kappa shape index (κ3) is 4.22. The van der Waals surface area contributed by atoms with Crippen LogP contribution in [0.1, 0.15) is 31.7 Å². The van der Waals surface area contributed by atoms with Crippen LogP contribution >= 0.6 is 0 Å². The maximum atomic E-state index is 13.5. The number of anilines is 2. The van der Waals surface area contributed by atoms with Gasteiger partial charge in [-0.3, -0.25) is 4.79 Å². The molecule has 0 atom stereocenters. The van der Waals surface area contributed by atoms with E-state index in [1.54, 1.807) is 12.1 Å². The number of carbonyl (C=O) groups is 1. The van der Waals surface area contributed by atoms with Crippen molar-refractivity contribution < 1.29 is 9.18 Å². The monoisotopic (exact) mass is 406 g/mol. The number of hydrogen-bond donors (Lipinski definition) is 1. The minimum atomic E-state index is -0.277. The summed E-state index contributed by atoms with van der Waals surface area (Å²) >= 11 is 0. The zero-order chi connectivity index (χ0) is 21.3. The number of benzene rings is 2. The van der Waals surface area contributed by atoms with E-state index in [-0.39, 0.29) is 11.7 Å². The van der Waals surface area contributed by atoms with Crippen LogP contribution in [-0.4, -0.2) is 26.9 Å². The molecule has 30 heavy (non-hydrogen) atoms. The van der Waals surface area contributed by atoms with Crippen LogP contribution < -0.4 is 5.32 Å². The molecular weight excluding hydrogens is 379 g/mol. The molecule has 3 aromatic rings. The minimum Gasteiger partial charge on any atom is -0.340 e. The molecule has 0 aliphatic carbocycles. The summed E-state index contributed by atoms with van der Waals surface area (Å²) in [5.74, 6) is 1.92. The van der Waals surface area contributed by atoms with E-state index in [0.717, 1.165) is 28.6 Å². The highest BCUT2D eigenvalue weighted by Gasteiger charge is 2.27. The molecule has 156 valence electrons. The second-order valence-electron chi connectivity index (χ2n) is 8.29. The van der Waals surface area contributed by atoms with E-state index in [4.69, 9.17) is 4.98 Å². The zero-order valence-corrected chi connectivity index (χ0v) is 17.7. The second kappa shape index (κ2) is 8.30. The van der Waals surface area contributed by atoms with Crippen molar-refractivity contribution in [2.24, 2.45) is 5.92 Å². The number of aryl methyl sites for hydroxylation is 1. The highest BCUT2D eigenvalue weighted by Crippen LogP contribution is 2.33. The number of imidazole rings is 1. The molecule has 0 saturated heterocycles. The van der Waals surface area contributed by atoms with Crippen molar-refractivity contribution in [3.63, 3.8) is 0 Å². The van der Waals surface area contributed by atoms with Gasteiger partial charge in [0, 0.05) is 30.8 Å². The van der Waals surface area contributed by atoms with Gasteiger partial charge in [0.15, 0.2) is 0 Å². The van der Waals surface area contributed by atoms with Gasteiger partial charge in [0.05, 0.1) is 6.54 Å². The number of carbonyl (C=O) groups excluding carboxylic acids is 1. The first-order valence-electron chi connectivity index (χ1n) is 10.4. The van der Waals surface area contributed by atoms with Crippen LogP contribution in [0.5, 0.6) is 0 Å². The van der Waals surface area contributed by atoms with Gasteiger partial charge in [-0.2, -0.15) is 0 Å². The average Bonchev–Trinajstić information content (AvgIpc) is 3.07. The molecule has 0 radical (unpaired) electrons. The fraction of sp³-hybridized carbons (Fsp3) is 0.333. The summed E-state index contributed by atoms with van der Waals surface area (Å²) in [5.41, 5.74) is 3.76. The molecule has 0 fully saturated rings. The van der Waals surface area contributed by atoms with E-state index in [0.29, 0.717) is 32.0 Å². The third-order valence-electron chi connectivity index (χ3n) is 5.34. The molecule has 2 heterocycles. The zero-order valence-electron chi connectivity index (χ0n) is 17.7. The number of nitrogens with one attached hydrogen (secondary N) is 1.